The Balaban J connectivity index is 1.79. The van der Waals surface area contributed by atoms with Gasteiger partial charge in [-0.3, -0.25) is 9.10 Å². The third-order valence-electron chi connectivity index (χ3n) is 4.47. The monoisotopic (exact) mass is 478 g/mol. The molecule has 0 aromatic heterocycles. The van der Waals surface area contributed by atoms with Crippen LogP contribution in [0.2, 0.25) is 10.0 Å². The van der Waals surface area contributed by atoms with E-state index in [9.17, 15) is 13.2 Å². The third-order valence-corrected chi connectivity index (χ3v) is 6.41. The number of methoxy groups -OCH3 is 1. The Hall–Kier alpha value is -2.74. The molecular formula is C22H20Cl2N2O4S. The van der Waals surface area contributed by atoms with E-state index in [-0.39, 0.29) is 28.2 Å². The molecule has 3 aromatic carbocycles. The van der Waals surface area contributed by atoms with Crippen LogP contribution in [0.1, 0.15) is 15.9 Å². The van der Waals surface area contributed by atoms with Crippen molar-refractivity contribution in [3.8, 4) is 5.75 Å². The first-order valence-corrected chi connectivity index (χ1v) is 11.8. The summed E-state index contributed by atoms with van der Waals surface area (Å²) in [6.45, 7) is 0.0384. The fourth-order valence-corrected chi connectivity index (χ4v) is 4.24. The molecule has 0 atom stereocenters. The molecule has 0 fully saturated rings. The third kappa shape index (κ3) is 5.70. The van der Waals surface area contributed by atoms with E-state index >= 15 is 0 Å². The fourth-order valence-electron chi connectivity index (χ4n) is 2.90. The maximum absolute atomic E-state index is 12.5. The molecule has 9 heteroatoms. The molecule has 0 aliphatic carbocycles. The quantitative estimate of drug-likeness (QED) is 0.504. The lowest BCUT2D eigenvalue weighted by Crippen LogP contribution is -2.29. The van der Waals surface area contributed by atoms with E-state index in [1.165, 1.54) is 4.31 Å². The number of rotatable bonds is 7. The number of amides is 1. The van der Waals surface area contributed by atoms with Crippen molar-refractivity contribution >= 4 is 50.5 Å². The largest absolute Gasteiger partial charge is 0.497 e. The zero-order valence-corrected chi connectivity index (χ0v) is 19.1. The summed E-state index contributed by atoms with van der Waals surface area (Å²) < 4.78 is 31.1. The fraction of sp³-hybridized carbons (Fsp3) is 0.136. The minimum Gasteiger partial charge on any atom is -0.497 e. The van der Waals surface area contributed by atoms with Gasteiger partial charge in [-0.25, -0.2) is 8.42 Å². The lowest BCUT2D eigenvalue weighted by atomic mass is 10.1. The first-order valence-electron chi connectivity index (χ1n) is 9.15. The number of carbonyl (C=O) groups is 1. The van der Waals surface area contributed by atoms with Crippen molar-refractivity contribution in [1.82, 2.24) is 0 Å². The van der Waals surface area contributed by atoms with Crippen LogP contribution in [0.5, 0.6) is 5.75 Å². The van der Waals surface area contributed by atoms with Gasteiger partial charge in [0.2, 0.25) is 10.0 Å². The molecule has 0 aliphatic heterocycles. The van der Waals surface area contributed by atoms with E-state index in [1.807, 2.05) is 0 Å². The predicted octanol–water partition coefficient (Wildman–Crippen LogP) is 5.22. The van der Waals surface area contributed by atoms with Gasteiger partial charge in [0.15, 0.2) is 0 Å². The molecular weight excluding hydrogens is 459 g/mol. The maximum Gasteiger partial charge on any atom is 0.255 e. The Kier molecular flexibility index (Phi) is 7.10. The van der Waals surface area contributed by atoms with Gasteiger partial charge in [0.1, 0.15) is 5.75 Å². The molecule has 0 aliphatic rings. The second kappa shape index (κ2) is 9.60. The van der Waals surface area contributed by atoms with Crippen LogP contribution in [-0.2, 0) is 16.6 Å². The van der Waals surface area contributed by atoms with Crippen LogP contribution in [0, 0.1) is 0 Å². The number of halogens is 2. The lowest BCUT2D eigenvalue weighted by Gasteiger charge is -2.24. The zero-order chi connectivity index (χ0) is 22.6. The van der Waals surface area contributed by atoms with Crippen LogP contribution in [-0.4, -0.2) is 27.7 Å². The van der Waals surface area contributed by atoms with Crippen molar-refractivity contribution in [2.45, 2.75) is 6.54 Å². The molecule has 0 radical (unpaired) electrons. The van der Waals surface area contributed by atoms with E-state index in [0.717, 1.165) is 6.26 Å². The van der Waals surface area contributed by atoms with Gasteiger partial charge in [0.25, 0.3) is 5.91 Å². The van der Waals surface area contributed by atoms with Crippen LogP contribution >= 0.6 is 23.2 Å². The first kappa shape index (κ1) is 22.9. The van der Waals surface area contributed by atoms with Crippen molar-refractivity contribution in [1.29, 1.82) is 0 Å². The molecule has 0 unspecified atom stereocenters. The highest BCUT2D eigenvalue weighted by Crippen LogP contribution is 2.34. The van der Waals surface area contributed by atoms with Gasteiger partial charge in [-0.05, 0) is 42.0 Å². The van der Waals surface area contributed by atoms with E-state index in [1.54, 1.807) is 73.8 Å². The molecule has 162 valence electrons. The van der Waals surface area contributed by atoms with Gasteiger partial charge in [0.05, 0.1) is 35.6 Å². The topological polar surface area (TPSA) is 75.7 Å². The Morgan fingerprint density at radius 2 is 1.71 bits per heavy atom. The van der Waals surface area contributed by atoms with Crippen molar-refractivity contribution in [3.05, 3.63) is 87.9 Å². The summed E-state index contributed by atoms with van der Waals surface area (Å²) in [5.41, 5.74) is 2.00. The van der Waals surface area contributed by atoms with E-state index < -0.39 is 10.0 Å². The molecule has 1 N–H and O–H groups in total. The molecule has 1 amide bonds. The molecule has 6 nitrogen and oxygen atoms in total. The molecule has 0 heterocycles. The Labute approximate surface area is 191 Å². The molecule has 0 saturated heterocycles. The van der Waals surface area contributed by atoms with Gasteiger partial charge < -0.3 is 10.1 Å². The number of hydrogen-bond acceptors (Lipinski definition) is 4. The van der Waals surface area contributed by atoms with E-state index in [0.29, 0.717) is 22.6 Å². The summed E-state index contributed by atoms with van der Waals surface area (Å²) >= 11 is 12.3. The highest BCUT2D eigenvalue weighted by Gasteiger charge is 2.21. The number of hydrogen-bond donors (Lipinski definition) is 1. The van der Waals surface area contributed by atoms with Gasteiger partial charge in [-0.15, -0.1) is 0 Å². The summed E-state index contributed by atoms with van der Waals surface area (Å²) in [6.07, 6.45) is 1.10. The number of benzene rings is 3. The molecule has 0 bridgehead atoms. The first-order chi connectivity index (χ1) is 14.7. The van der Waals surface area contributed by atoms with Crippen LogP contribution in [0.3, 0.4) is 0 Å². The standard InChI is InChI=1S/C22H20Cl2N2O4S/c1-30-18-6-3-5-17(13-18)25-22(27)16-11-9-15(10-12-16)14-26(31(2,28)29)20-8-4-7-19(23)21(20)24/h3-13H,14H2,1-2H3,(H,25,27). The number of nitrogens with zero attached hydrogens (tertiary/aromatic N) is 1. The Bertz CT molecular complexity index is 1200. The molecule has 3 rings (SSSR count). The summed E-state index contributed by atoms with van der Waals surface area (Å²) in [5.74, 6) is 0.339. The summed E-state index contributed by atoms with van der Waals surface area (Å²) in [7, 11) is -2.08. The zero-order valence-electron chi connectivity index (χ0n) is 16.8. The Morgan fingerprint density at radius 3 is 2.35 bits per heavy atom. The summed E-state index contributed by atoms with van der Waals surface area (Å²) in [5, 5.41) is 3.22. The van der Waals surface area contributed by atoms with Gasteiger partial charge in [-0.1, -0.05) is 47.5 Å². The number of anilines is 2. The smallest absolute Gasteiger partial charge is 0.255 e. The number of nitrogens with one attached hydrogen (secondary N) is 1. The number of ether oxygens (including phenoxy) is 1. The number of sulfonamides is 1. The van der Waals surface area contributed by atoms with E-state index in [2.05, 4.69) is 5.32 Å². The van der Waals surface area contributed by atoms with Crippen LogP contribution in [0.4, 0.5) is 11.4 Å². The minimum atomic E-state index is -3.63. The second-order valence-corrected chi connectivity index (χ2v) is 9.42. The summed E-state index contributed by atoms with van der Waals surface area (Å²) in [6, 6.07) is 18.5. The normalized spacial score (nSPS) is 11.1. The van der Waals surface area contributed by atoms with Crippen molar-refractivity contribution in [2.75, 3.05) is 23.0 Å². The van der Waals surface area contributed by atoms with Crippen molar-refractivity contribution in [3.63, 3.8) is 0 Å². The highest BCUT2D eigenvalue weighted by molar-refractivity contribution is 7.92. The second-order valence-electron chi connectivity index (χ2n) is 6.73. The van der Waals surface area contributed by atoms with Crippen LogP contribution in [0.25, 0.3) is 0 Å². The van der Waals surface area contributed by atoms with Gasteiger partial charge in [-0.2, -0.15) is 0 Å². The minimum absolute atomic E-state index is 0.0384. The maximum atomic E-state index is 12.5. The van der Waals surface area contributed by atoms with Gasteiger partial charge >= 0.3 is 0 Å². The number of carbonyl (C=O) groups excluding carboxylic acids is 1. The van der Waals surface area contributed by atoms with Gasteiger partial charge in [0, 0.05) is 17.3 Å². The molecule has 0 spiro atoms. The van der Waals surface area contributed by atoms with Crippen LogP contribution in [0.15, 0.2) is 66.7 Å². The van der Waals surface area contributed by atoms with Crippen LogP contribution < -0.4 is 14.4 Å². The molecule has 31 heavy (non-hydrogen) atoms. The predicted molar refractivity (Wildman–Crippen MR) is 125 cm³/mol. The Morgan fingerprint density at radius 1 is 1.03 bits per heavy atom. The average Bonchev–Trinajstić information content (AvgIpc) is 2.74. The van der Waals surface area contributed by atoms with E-state index in [4.69, 9.17) is 27.9 Å². The SMILES string of the molecule is COc1cccc(NC(=O)c2ccc(CN(c3cccc(Cl)c3Cl)S(C)(=O)=O)cc2)c1. The summed E-state index contributed by atoms with van der Waals surface area (Å²) in [4.78, 5) is 12.5. The van der Waals surface area contributed by atoms with Crippen molar-refractivity contribution < 1.29 is 17.9 Å². The van der Waals surface area contributed by atoms with Crippen molar-refractivity contribution in [2.24, 2.45) is 0 Å². The molecule has 3 aromatic rings. The highest BCUT2D eigenvalue weighted by atomic mass is 35.5. The molecule has 0 saturated carbocycles. The lowest BCUT2D eigenvalue weighted by molar-refractivity contribution is 0.102. The average molecular weight is 479 g/mol.